The highest BCUT2D eigenvalue weighted by Crippen LogP contribution is 2.41. The lowest BCUT2D eigenvalue weighted by Gasteiger charge is -2.16. The molecule has 0 bridgehead atoms. The van der Waals surface area contributed by atoms with Gasteiger partial charge in [0.15, 0.2) is 18.1 Å². The molecule has 0 radical (unpaired) electrons. The van der Waals surface area contributed by atoms with Crippen LogP contribution in [0.5, 0.6) is 11.5 Å². The van der Waals surface area contributed by atoms with Crippen LogP contribution in [0.3, 0.4) is 0 Å². The van der Waals surface area contributed by atoms with Crippen molar-refractivity contribution in [3.63, 3.8) is 0 Å². The molecule has 2 N–H and O–H groups in total. The number of halogens is 1. The number of carboxylic acid groups (broad SMARTS) is 1. The number of hydrogen-bond donors (Lipinski definition) is 2. The van der Waals surface area contributed by atoms with Crippen LogP contribution in [0, 0.1) is 11.3 Å². The highest BCUT2D eigenvalue weighted by molar-refractivity contribution is 9.10. The fourth-order valence-electron chi connectivity index (χ4n) is 1.94. The molecule has 1 aromatic carbocycles. The Balaban J connectivity index is 2.24. The monoisotopic (exact) mass is 372 g/mol. The van der Waals surface area contributed by atoms with Crippen LogP contribution in [0.15, 0.2) is 16.6 Å². The number of methoxy groups -OCH3 is 1. The van der Waals surface area contributed by atoms with Crippen LogP contribution in [0.25, 0.3) is 0 Å². The lowest BCUT2D eigenvalue weighted by molar-refractivity contribution is -0.138. The van der Waals surface area contributed by atoms with Gasteiger partial charge in [0.05, 0.1) is 17.0 Å². The number of nitrogens with one attached hydrogen (secondary N) is 1. The summed E-state index contributed by atoms with van der Waals surface area (Å²) in [5.41, 5.74) is 0.886. The summed E-state index contributed by atoms with van der Waals surface area (Å²) in [5.74, 6) is 0.605. The number of benzene rings is 1. The molecule has 1 fully saturated rings. The number of nitrogens with zero attached hydrogens (tertiary/aromatic N) is 1. The van der Waals surface area contributed by atoms with E-state index in [4.69, 9.17) is 19.8 Å². The quantitative estimate of drug-likeness (QED) is 0.817. The minimum Gasteiger partial charge on any atom is -0.493 e. The van der Waals surface area contributed by atoms with Gasteiger partial charge in [-0.3, -0.25) is 10.1 Å². The number of ether oxygens (including phenoxy) is 2. The maximum atomic E-state index is 11.0. The predicted octanol–water partition coefficient (Wildman–Crippen LogP) is 2.15. The van der Waals surface area contributed by atoms with E-state index in [-0.39, 0.29) is 12.0 Å². The molecule has 1 aliphatic rings. The largest absolute Gasteiger partial charge is 0.493 e. The Morgan fingerprint density at radius 2 is 2.43 bits per heavy atom. The third-order valence-corrected chi connectivity index (χ3v) is 4.77. The topological polar surface area (TPSA) is 91.6 Å². The first kappa shape index (κ1) is 15.9. The highest BCUT2D eigenvalue weighted by atomic mass is 79.9. The van der Waals surface area contributed by atoms with Gasteiger partial charge in [-0.15, -0.1) is 11.8 Å². The zero-order valence-corrected chi connectivity index (χ0v) is 13.5. The van der Waals surface area contributed by atoms with Crippen molar-refractivity contribution in [2.45, 2.75) is 11.4 Å². The van der Waals surface area contributed by atoms with Gasteiger partial charge in [-0.1, -0.05) is 0 Å². The van der Waals surface area contributed by atoms with Gasteiger partial charge in [-0.05, 0) is 33.6 Å². The zero-order chi connectivity index (χ0) is 15.4. The van der Waals surface area contributed by atoms with Gasteiger partial charge in [-0.25, -0.2) is 0 Å². The van der Waals surface area contributed by atoms with Crippen molar-refractivity contribution in [3.8, 4) is 17.6 Å². The molecule has 6 nitrogen and oxygen atoms in total. The van der Waals surface area contributed by atoms with Crippen molar-refractivity contribution in [1.82, 2.24) is 5.32 Å². The number of hydrogen-bond acceptors (Lipinski definition) is 6. The van der Waals surface area contributed by atoms with Crippen LogP contribution < -0.4 is 14.8 Å². The molecular formula is C13H13BrN2O4S. The lowest BCUT2D eigenvalue weighted by atomic mass is 10.2. The van der Waals surface area contributed by atoms with Crippen molar-refractivity contribution in [2.75, 3.05) is 19.5 Å². The normalized spacial score (nSPS) is 20.8. The summed E-state index contributed by atoms with van der Waals surface area (Å²) >= 11 is 4.91. The van der Waals surface area contributed by atoms with Gasteiger partial charge in [0, 0.05) is 5.75 Å². The second-order valence-corrected chi connectivity index (χ2v) is 6.24. The van der Waals surface area contributed by atoms with Crippen molar-refractivity contribution < 1.29 is 19.4 Å². The number of rotatable bonds is 5. The minimum atomic E-state index is -0.856. The van der Waals surface area contributed by atoms with Gasteiger partial charge in [-0.2, -0.15) is 5.26 Å². The van der Waals surface area contributed by atoms with Crippen molar-refractivity contribution in [2.24, 2.45) is 0 Å². The molecule has 112 valence electrons. The highest BCUT2D eigenvalue weighted by Gasteiger charge is 2.31. The van der Waals surface area contributed by atoms with E-state index >= 15 is 0 Å². The first-order valence-corrected chi connectivity index (χ1v) is 7.88. The summed E-state index contributed by atoms with van der Waals surface area (Å²) in [4.78, 5) is 11.0. The van der Waals surface area contributed by atoms with E-state index in [2.05, 4.69) is 21.2 Å². The lowest BCUT2D eigenvalue weighted by Crippen LogP contribution is -2.33. The fraction of sp³-hybridized carbons (Fsp3) is 0.385. The average Bonchev–Trinajstić information content (AvgIpc) is 2.95. The number of carboxylic acids is 1. The Morgan fingerprint density at radius 1 is 1.67 bits per heavy atom. The molecule has 0 aromatic heterocycles. The molecule has 1 aromatic rings. The summed E-state index contributed by atoms with van der Waals surface area (Å²) in [7, 11) is 1.51. The maximum absolute atomic E-state index is 11.0. The van der Waals surface area contributed by atoms with Gasteiger partial charge in [0.1, 0.15) is 12.1 Å². The van der Waals surface area contributed by atoms with Gasteiger partial charge < -0.3 is 14.6 Å². The van der Waals surface area contributed by atoms with E-state index in [1.165, 1.54) is 18.9 Å². The van der Waals surface area contributed by atoms with Crippen LogP contribution >= 0.6 is 27.7 Å². The van der Waals surface area contributed by atoms with Crippen LogP contribution in [0.2, 0.25) is 0 Å². The molecule has 0 spiro atoms. The number of aliphatic carboxylic acids is 1. The molecule has 21 heavy (non-hydrogen) atoms. The Bertz CT molecular complexity index is 590. The standard InChI is InChI=1S/C13H13BrN2O4S/c1-19-10-5-7(4-8(14)11(10)20-3-2-15)12-16-9(6-21-12)13(17)18/h4-5,9,12,16H,3,6H2,1H3,(H,17,18)/t9-,12-/m1/s1. The smallest absolute Gasteiger partial charge is 0.321 e. The molecule has 0 amide bonds. The molecule has 0 unspecified atom stereocenters. The summed E-state index contributed by atoms with van der Waals surface area (Å²) < 4.78 is 11.3. The van der Waals surface area contributed by atoms with Gasteiger partial charge in [0.2, 0.25) is 0 Å². The Hall–Kier alpha value is -1.43. The number of nitriles is 1. The second kappa shape index (κ2) is 7.02. The third-order valence-electron chi connectivity index (χ3n) is 2.92. The van der Waals surface area contributed by atoms with E-state index < -0.39 is 12.0 Å². The number of carbonyl (C=O) groups is 1. The predicted molar refractivity (Wildman–Crippen MR) is 81.6 cm³/mol. The Kier molecular flexibility index (Phi) is 5.33. The van der Waals surface area contributed by atoms with Crippen molar-refractivity contribution >= 4 is 33.7 Å². The molecule has 2 atom stereocenters. The van der Waals surface area contributed by atoms with Crippen LogP contribution in [-0.2, 0) is 4.79 Å². The third kappa shape index (κ3) is 3.61. The minimum absolute atomic E-state index is 0.0776. The summed E-state index contributed by atoms with van der Waals surface area (Å²) in [6.45, 7) is -0.0776. The molecule has 1 aliphatic heterocycles. The maximum Gasteiger partial charge on any atom is 0.321 e. The Morgan fingerprint density at radius 3 is 3.00 bits per heavy atom. The van der Waals surface area contributed by atoms with E-state index in [1.54, 1.807) is 6.07 Å². The van der Waals surface area contributed by atoms with Crippen molar-refractivity contribution in [3.05, 3.63) is 22.2 Å². The average molecular weight is 373 g/mol. The molecule has 1 heterocycles. The summed E-state index contributed by atoms with van der Waals surface area (Å²) in [6.07, 6.45) is 0. The molecular weight excluding hydrogens is 360 g/mol. The van der Waals surface area contributed by atoms with Crippen LogP contribution in [-0.4, -0.2) is 36.6 Å². The SMILES string of the molecule is COc1cc([C@@H]2N[C@@H](C(=O)O)CS2)cc(Br)c1OCC#N. The van der Waals surface area contributed by atoms with Crippen molar-refractivity contribution in [1.29, 1.82) is 5.26 Å². The summed E-state index contributed by atoms with van der Waals surface area (Å²) in [5, 5.41) is 20.5. The molecule has 0 aliphatic carbocycles. The van der Waals surface area contributed by atoms with Crippen LogP contribution in [0.1, 0.15) is 10.9 Å². The molecule has 2 rings (SSSR count). The van der Waals surface area contributed by atoms with E-state index in [1.807, 2.05) is 12.1 Å². The number of thioether (sulfide) groups is 1. The molecule has 1 saturated heterocycles. The van der Waals surface area contributed by atoms with Crippen LogP contribution in [0.4, 0.5) is 0 Å². The van der Waals surface area contributed by atoms with E-state index in [0.29, 0.717) is 21.7 Å². The van der Waals surface area contributed by atoms with E-state index in [9.17, 15) is 4.79 Å². The zero-order valence-electron chi connectivity index (χ0n) is 11.1. The van der Waals surface area contributed by atoms with E-state index in [0.717, 1.165) is 5.56 Å². The Labute approximate surface area is 134 Å². The second-order valence-electron chi connectivity index (χ2n) is 4.25. The van der Waals surface area contributed by atoms with Gasteiger partial charge in [0.25, 0.3) is 0 Å². The molecule has 0 saturated carbocycles. The first-order valence-electron chi connectivity index (χ1n) is 6.04. The summed E-state index contributed by atoms with van der Waals surface area (Å²) in [6, 6.07) is 4.97. The first-order chi connectivity index (χ1) is 10.1. The molecule has 8 heteroatoms. The fourth-order valence-corrected chi connectivity index (χ4v) is 3.73. The van der Waals surface area contributed by atoms with Gasteiger partial charge >= 0.3 is 5.97 Å².